The second kappa shape index (κ2) is 5.21. The van der Waals surface area contributed by atoms with Gasteiger partial charge in [0, 0.05) is 17.9 Å². The molecule has 2 unspecified atom stereocenters. The number of halogens is 1. The monoisotopic (exact) mass is 299 g/mol. The highest BCUT2D eigenvalue weighted by Gasteiger charge is 2.41. The van der Waals surface area contributed by atoms with Crippen LogP contribution in [0, 0.1) is 11.3 Å². The van der Waals surface area contributed by atoms with Gasteiger partial charge in [0.2, 0.25) is 0 Å². The van der Waals surface area contributed by atoms with E-state index in [1.807, 2.05) is 0 Å². The van der Waals surface area contributed by atoms with E-state index >= 15 is 0 Å². The number of likely N-dealkylation sites (tertiary alicyclic amines) is 1. The van der Waals surface area contributed by atoms with Crippen LogP contribution in [0.25, 0.3) is 0 Å². The summed E-state index contributed by atoms with van der Waals surface area (Å²) < 4.78 is 0. The molecule has 2 saturated carbocycles. The molecule has 0 aromatic rings. The molecular weight excluding hydrogens is 274 g/mol. The van der Waals surface area contributed by atoms with Crippen LogP contribution in [0.5, 0.6) is 0 Å². The van der Waals surface area contributed by atoms with Crippen LogP contribution in [-0.4, -0.2) is 29.4 Å². The number of hydrogen-bond donors (Lipinski definition) is 0. The summed E-state index contributed by atoms with van der Waals surface area (Å²) in [7, 11) is 0. The maximum atomic E-state index is 3.77. The van der Waals surface area contributed by atoms with Crippen LogP contribution in [0.15, 0.2) is 0 Å². The number of nitrogens with zero attached hydrogens (tertiary/aromatic N) is 1. The first-order valence-corrected chi connectivity index (χ1v) is 8.75. The molecule has 0 radical (unpaired) electrons. The Balaban J connectivity index is 1.64. The maximum absolute atomic E-state index is 3.77. The number of piperidine rings is 1. The van der Waals surface area contributed by atoms with Crippen molar-refractivity contribution in [2.24, 2.45) is 11.3 Å². The zero-order chi connectivity index (χ0) is 11.7. The smallest absolute Gasteiger partial charge is 0.0124 e. The van der Waals surface area contributed by atoms with E-state index in [0.717, 1.165) is 12.0 Å². The van der Waals surface area contributed by atoms with Crippen LogP contribution >= 0.6 is 15.9 Å². The zero-order valence-corrected chi connectivity index (χ0v) is 12.6. The molecule has 1 aliphatic heterocycles. The molecule has 3 rings (SSSR count). The molecule has 0 spiro atoms. The van der Waals surface area contributed by atoms with Gasteiger partial charge >= 0.3 is 0 Å². The van der Waals surface area contributed by atoms with E-state index in [0.29, 0.717) is 5.41 Å². The Kier molecular flexibility index (Phi) is 3.82. The largest absolute Gasteiger partial charge is 0.300 e. The van der Waals surface area contributed by atoms with Gasteiger partial charge in [0.05, 0.1) is 0 Å². The molecule has 0 bridgehead atoms. The van der Waals surface area contributed by atoms with Crippen LogP contribution in [0.1, 0.15) is 57.8 Å². The lowest BCUT2D eigenvalue weighted by Crippen LogP contribution is -2.53. The normalized spacial score (nSPS) is 37.2. The van der Waals surface area contributed by atoms with Crippen LogP contribution in [0.2, 0.25) is 0 Å². The number of fused-ring (bicyclic) bond motifs is 1. The SMILES string of the molecule is BrCC1(CN2CCCC3CCCCC32)CCC1. The average Bonchev–Trinajstić information content (AvgIpc) is 2.34. The molecule has 17 heavy (non-hydrogen) atoms. The van der Waals surface area contributed by atoms with Gasteiger partial charge in [-0.3, -0.25) is 4.90 Å². The van der Waals surface area contributed by atoms with Gasteiger partial charge in [-0.05, 0) is 56.4 Å². The van der Waals surface area contributed by atoms with Crippen molar-refractivity contribution in [3.63, 3.8) is 0 Å². The molecule has 1 saturated heterocycles. The lowest BCUT2D eigenvalue weighted by Gasteiger charge is -2.50. The highest BCUT2D eigenvalue weighted by Crippen LogP contribution is 2.45. The Hall–Kier alpha value is 0.440. The molecule has 1 heterocycles. The fourth-order valence-electron chi connectivity index (χ4n) is 4.37. The zero-order valence-electron chi connectivity index (χ0n) is 11.0. The minimum absolute atomic E-state index is 0.652. The molecule has 0 aromatic carbocycles. The topological polar surface area (TPSA) is 3.24 Å². The fourth-order valence-corrected chi connectivity index (χ4v) is 5.10. The van der Waals surface area contributed by atoms with Gasteiger partial charge in [0.25, 0.3) is 0 Å². The first-order valence-electron chi connectivity index (χ1n) is 7.63. The molecule has 2 aliphatic carbocycles. The molecule has 0 aromatic heterocycles. The van der Waals surface area contributed by atoms with Gasteiger partial charge < -0.3 is 0 Å². The summed E-state index contributed by atoms with van der Waals surface area (Å²) in [6.45, 7) is 2.77. The quantitative estimate of drug-likeness (QED) is 0.706. The van der Waals surface area contributed by atoms with Crippen molar-refractivity contribution in [1.29, 1.82) is 0 Å². The summed E-state index contributed by atoms with van der Waals surface area (Å²) in [5.74, 6) is 1.05. The Morgan fingerprint density at radius 1 is 1.00 bits per heavy atom. The van der Waals surface area contributed by atoms with Gasteiger partial charge in [-0.1, -0.05) is 35.2 Å². The summed E-state index contributed by atoms with van der Waals surface area (Å²) in [4.78, 5) is 2.88. The molecule has 3 fully saturated rings. The number of hydrogen-bond acceptors (Lipinski definition) is 1. The molecule has 0 N–H and O–H groups in total. The summed E-state index contributed by atoms with van der Waals surface area (Å²) >= 11 is 3.77. The molecular formula is C15H26BrN. The van der Waals surface area contributed by atoms with E-state index < -0.39 is 0 Å². The minimum atomic E-state index is 0.652. The van der Waals surface area contributed by atoms with Crippen LogP contribution in [0.3, 0.4) is 0 Å². The summed E-state index contributed by atoms with van der Waals surface area (Å²) in [6, 6.07) is 0.953. The Morgan fingerprint density at radius 2 is 1.76 bits per heavy atom. The standard InChI is InChI=1S/C15H26BrN/c16-11-15(8-4-9-15)12-17-10-3-6-13-5-1-2-7-14(13)17/h13-14H,1-12H2. The van der Waals surface area contributed by atoms with Crippen LogP contribution in [-0.2, 0) is 0 Å². The van der Waals surface area contributed by atoms with E-state index in [1.54, 1.807) is 0 Å². The van der Waals surface area contributed by atoms with E-state index in [1.165, 1.54) is 76.2 Å². The summed E-state index contributed by atoms with van der Waals surface area (Å²) in [6.07, 6.45) is 13.4. The molecule has 0 amide bonds. The third-order valence-corrected chi connectivity index (χ3v) is 6.78. The molecule has 2 atom stereocenters. The lowest BCUT2D eigenvalue weighted by atomic mass is 9.69. The van der Waals surface area contributed by atoms with Gasteiger partial charge in [-0.25, -0.2) is 0 Å². The molecule has 2 heteroatoms. The predicted octanol–water partition coefficient (Wildman–Crippen LogP) is 4.21. The predicted molar refractivity (Wildman–Crippen MR) is 76.6 cm³/mol. The van der Waals surface area contributed by atoms with Crippen molar-refractivity contribution in [2.45, 2.75) is 63.8 Å². The van der Waals surface area contributed by atoms with E-state index in [2.05, 4.69) is 20.8 Å². The minimum Gasteiger partial charge on any atom is -0.300 e. The van der Waals surface area contributed by atoms with Crippen molar-refractivity contribution < 1.29 is 0 Å². The van der Waals surface area contributed by atoms with Crippen molar-refractivity contribution >= 4 is 15.9 Å². The molecule has 1 nitrogen and oxygen atoms in total. The van der Waals surface area contributed by atoms with Gasteiger partial charge in [0.15, 0.2) is 0 Å². The molecule has 3 aliphatic rings. The first-order chi connectivity index (χ1) is 8.33. The number of rotatable bonds is 3. The maximum Gasteiger partial charge on any atom is 0.0124 e. The molecule has 98 valence electrons. The Bertz CT molecular complexity index is 254. The fraction of sp³-hybridized carbons (Fsp3) is 1.00. The summed E-state index contributed by atoms with van der Waals surface area (Å²) in [5.41, 5.74) is 0.652. The Labute approximate surface area is 114 Å². The Morgan fingerprint density at radius 3 is 2.47 bits per heavy atom. The van der Waals surface area contributed by atoms with Crippen LogP contribution < -0.4 is 0 Å². The van der Waals surface area contributed by atoms with Gasteiger partial charge in [-0.15, -0.1) is 0 Å². The summed E-state index contributed by atoms with van der Waals surface area (Å²) in [5, 5.41) is 1.23. The highest BCUT2D eigenvalue weighted by atomic mass is 79.9. The highest BCUT2D eigenvalue weighted by molar-refractivity contribution is 9.09. The van der Waals surface area contributed by atoms with Gasteiger partial charge in [0.1, 0.15) is 0 Å². The third-order valence-electron chi connectivity index (χ3n) is 5.59. The van der Waals surface area contributed by atoms with E-state index in [4.69, 9.17) is 0 Å². The van der Waals surface area contributed by atoms with E-state index in [9.17, 15) is 0 Å². The second-order valence-corrected chi connectivity index (χ2v) is 7.27. The van der Waals surface area contributed by atoms with Crippen molar-refractivity contribution in [2.75, 3.05) is 18.4 Å². The van der Waals surface area contributed by atoms with Crippen molar-refractivity contribution in [3.05, 3.63) is 0 Å². The van der Waals surface area contributed by atoms with Gasteiger partial charge in [-0.2, -0.15) is 0 Å². The lowest BCUT2D eigenvalue weighted by molar-refractivity contribution is 0.00491. The second-order valence-electron chi connectivity index (χ2n) is 6.71. The van der Waals surface area contributed by atoms with Crippen molar-refractivity contribution in [1.82, 2.24) is 4.90 Å². The van der Waals surface area contributed by atoms with Crippen molar-refractivity contribution in [3.8, 4) is 0 Å². The van der Waals surface area contributed by atoms with E-state index in [-0.39, 0.29) is 0 Å². The number of alkyl halides is 1. The average molecular weight is 300 g/mol. The van der Waals surface area contributed by atoms with Crippen LogP contribution in [0.4, 0.5) is 0 Å². The third kappa shape index (κ3) is 2.45. The first kappa shape index (κ1) is 12.5.